The highest BCUT2D eigenvalue weighted by atomic mass is 16.6. The van der Waals surface area contributed by atoms with Crippen LogP contribution in [-0.4, -0.2) is 23.5 Å². The first kappa shape index (κ1) is 7.79. The minimum absolute atomic E-state index is 0.994. The first-order valence-electron chi connectivity index (χ1n) is 3.90. The van der Waals surface area contributed by atoms with Crippen LogP contribution in [0.25, 0.3) is 10.9 Å². The summed E-state index contributed by atoms with van der Waals surface area (Å²) >= 11 is 0. The number of nitrogens with one attached hydrogen (secondary N) is 1. The van der Waals surface area contributed by atoms with Crippen molar-refractivity contribution in [3.8, 4) is 0 Å². The highest BCUT2D eigenvalue weighted by Crippen LogP contribution is 2.13. The molecule has 0 bridgehead atoms. The van der Waals surface area contributed by atoms with Crippen LogP contribution in [0.3, 0.4) is 0 Å². The molecule has 0 aliphatic rings. The topological polar surface area (TPSA) is 50.3 Å². The van der Waals surface area contributed by atoms with E-state index in [0.29, 0.717) is 0 Å². The Morgan fingerprint density at radius 3 is 3.31 bits per heavy atom. The third-order valence-corrected chi connectivity index (χ3v) is 1.82. The number of aromatic amines is 1. The van der Waals surface area contributed by atoms with E-state index in [1.165, 1.54) is 7.11 Å². The van der Waals surface area contributed by atoms with Gasteiger partial charge in [-0.05, 0) is 6.07 Å². The van der Waals surface area contributed by atoms with Crippen LogP contribution in [0.5, 0.6) is 0 Å². The SMILES string of the molecule is CO/N=C/c1cccc2[nH]ncc12. The number of fused-ring (bicyclic) bond motifs is 1. The molecule has 0 fully saturated rings. The van der Waals surface area contributed by atoms with E-state index >= 15 is 0 Å². The Morgan fingerprint density at radius 1 is 1.54 bits per heavy atom. The van der Waals surface area contributed by atoms with Crippen molar-refractivity contribution in [3.05, 3.63) is 30.0 Å². The van der Waals surface area contributed by atoms with Crippen molar-refractivity contribution < 1.29 is 4.84 Å². The van der Waals surface area contributed by atoms with E-state index in [4.69, 9.17) is 0 Å². The van der Waals surface area contributed by atoms with Crippen LogP contribution in [0.1, 0.15) is 5.56 Å². The van der Waals surface area contributed by atoms with Gasteiger partial charge >= 0.3 is 0 Å². The van der Waals surface area contributed by atoms with Crippen molar-refractivity contribution in [2.75, 3.05) is 7.11 Å². The summed E-state index contributed by atoms with van der Waals surface area (Å²) in [6, 6.07) is 5.87. The van der Waals surface area contributed by atoms with Crippen LogP contribution in [0.15, 0.2) is 29.6 Å². The molecule has 0 aliphatic heterocycles. The van der Waals surface area contributed by atoms with Crippen molar-refractivity contribution in [3.63, 3.8) is 0 Å². The summed E-state index contributed by atoms with van der Waals surface area (Å²) in [5, 5.41) is 11.6. The molecular weight excluding hydrogens is 166 g/mol. The van der Waals surface area contributed by atoms with Gasteiger partial charge < -0.3 is 4.84 Å². The molecule has 66 valence electrons. The van der Waals surface area contributed by atoms with Gasteiger partial charge in [0.25, 0.3) is 0 Å². The summed E-state index contributed by atoms with van der Waals surface area (Å²) in [7, 11) is 1.52. The second-order valence-corrected chi connectivity index (χ2v) is 2.60. The predicted octanol–water partition coefficient (Wildman–Crippen LogP) is 1.54. The number of nitrogens with zero attached hydrogens (tertiary/aromatic N) is 2. The standard InChI is InChI=1S/C9H9N3O/c1-13-11-5-7-3-2-4-9-8(7)6-10-12-9/h2-6H,1H3,(H,10,12)/b11-5+. The normalized spacial score (nSPS) is 11.2. The van der Waals surface area contributed by atoms with Crippen molar-refractivity contribution >= 4 is 17.1 Å². The Balaban J connectivity index is 2.54. The highest BCUT2D eigenvalue weighted by molar-refractivity contribution is 5.97. The van der Waals surface area contributed by atoms with Gasteiger partial charge in [0.2, 0.25) is 0 Å². The molecule has 0 spiro atoms. The van der Waals surface area contributed by atoms with Gasteiger partial charge in [-0.1, -0.05) is 17.3 Å². The average Bonchev–Trinajstić information content (AvgIpc) is 2.62. The van der Waals surface area contributed by atoms with Crippen LogP contribution in [0.2, 0.25) is 0 Å². The summed E-state index contributed by atoms with van der Waals surface area (Å²) in [6.07, 6.45) is 3.43. The quantitative estimate of drug-likeness (QED) is 0.556. The maximum absolute atomic E-state index is 4.61. The lowest BCUT2D eigenvalue weighted by atomic mass is 10.1. The van der Waals surface area contributed by atoms with Gasteiger partial charge in [0.1, 0.15) is 7.11 Å². The minimum atomic E-state index is 0.994. The molecule has 0 atom stereocenters. The molecular formula is C9H9N3O. The second kappa shape index (κ2) is 3.26. The Hall–Kier alpha value is -1.84. The van der Waals surface area contributed by atoms with Crippen LogP contribution >= 0.6 is 0 Å². The third-order valence-electron chi connectivity index (χ3n) is 1.82. The molecule has 0 aliphatic carbocycles. The van der Waals surface area contributed by atoms with Gasteiger partial charge in [-0.25, -0.2) is 0 Å². The molecule has 4 heteroatoms. The second-order valence-electron chi connectivity index (χ2n) is 2.60. The zero-order chi connectivity index (χ0) is 9.10. The summed E-state index contributed by atoms with van der Waals surface area (Å²) in [5.74, 6) is 0. The Morgan fingerprint density at radius 2 is 2.46 bits per heavy atom. The lowest BCUT2D eigenvalue weighted by Crippen LogP contribution is -1.82. The first-order chi connectivity index (χ1) is 6.42. The summed E-state index contributed by atoms with van der Waals surface area (Å²) in [5.41, 5.74) is 1.99. The van der Waals surface area contributed by atoms with Gasteiger partial charge in [0.05, 0.1) is 17.9 Å². The Bertz CT molecular complexity index is 433. The van der Waals surface area contributed by atoms with Gasteiger partial charge in [-0.2, -0.15) is 5.10 Å². The maximum atomic E-state index is 4.61. The van der Waals surface area contributed by atoms with Crippen molar-refractivity contribution in [1.29, 1.82) is 0 Å². The molecule has 0 amide bonds. The van der Waals surface area contributed by atoms with E-state index < -0.39 is 0 Å². The largest absolute Gasteiger partial charge is 0.399 e. The molecule has 2 aromatic rings. The van der Waals surface area contributed by atoms with E-state index in [2.05, 4.69) is 20.2 Å². The van der Waals surface area contributed by atoms with Gasteiger partial charge in [-0.3, -0.25) is 5.10 Å². The smallest absolute Gasteiger partial charge is 0.106 e. The van der Waals surface area contributed by atoms with Crippen LogP contribution in [0.4, 0.5) is 0 Å². The van der Waals surface area contributed by atoms with Crippen molar-refractivity contribution in [2.45, 2.75) is 0 Å². The fourth-order valence-corrected chi connectivity index (χ4v) is 1.21. The fraction of sp³-hybridized carbons (Fsp3) is 0.111. The monoisotopic (exact) mass is 175 g/mol. The van der Waals surface area contributed by atoms with Gasteiger partial charge in [-0.15, -0.1) is 0 Å². The van der Waals surface area contributed by atoms with Gasteiger partial charge in [0, 0.05) is 10.9 Å². The number of hydrogen-bond donors (Lipinski definition) is 1. The molecule has 0 saturated heterocycles. The molecule has 0 radical (unpaired) electrons. The number of rotatable bonds is 2. The Kier molecular flexibility index (Phi) is 1.96. The van der Waals surface area contributed by atoms with Crippen LogP contribution < -0.4 is 0 Å². The first-order valence-corrected chi connectivity index (χ1v) is 3.90. The zero-order valence-corrected chi connectivity index (χ0v) is 7.19. The van der Waals surface area contributed by atoms with E-state index in [9.17, 15) is 0 Å². The van der Waals surface area contributed by atoms with E-state index in [1.807, 2.05) is 18.2 Å². The van der Waals surface area contributed by atoms with Crippen molar-refractivity contribution in [2.24, 2.45) is 5.16 Å². The zero-order valence-electron chi connectivity index (χ0n) is 7.19. The average molecular weight is 175 g/mol. The predicted molar refractivity (Wildman–Crippen MR) is 50.7 cm³/mol. The lowest BCUT2D eigenvalue weighted by molar-refractivity contribution is 0.215. The molecule has 1 N–H and O–H groups in total. The minimum Gasteiger partial charge on any atom is -0.399 e. The van der Waals surface area contributed by atoms with Crippen LogP contribution in [-0.2, 0) is 4.84 Å². The van der Waals surface area contributed by atoms with E-state index in [-0.39, 0.29) is 0 Å². The lowest BCUT2D eigenvalue weighted by Gasteiger charge is -1.93. The molecule has 2 rings (SSSR count). The molecule has 13 heavy (non-hydrogen) atoms. The maximum Gasteiger partial charge on any atom is 0.106 e. The number of aromatic nitrogens is 2. The molecule has 0 saturated carbocycles. The molecule has 1 aromatic heterocycles. The van der Waals surface area contributed by atoms with Gasteiger partial charge in [0.15, 0.2) is 0 Å². The van der Waals surface area contributed by atoms with E-state index in [1.54, 1.807) is 12.4 Å². The number of H-pyrrole nitrogens is 1. The summed E-state index contributed by atoms with van der Waals surface area (Å²) < 4.78 is 0. The number of oxime groups is 1. The third kappa shape index (κ3) is 1.38. The summed E-state index contributed by atoms with van der Waals surface area (Å²) in [4.78, 5) is 4.61. The molecule has 0 unspecified atom stereocenters. The number of benzene rings is 1. The highest BCUT2D eigenvalue weighted by Gasteiger charge is 1.98. The fourth-order valence-electron chi connectivity index (χ4n) is 1.21. The van der Waals surface area contributed by atoms with Crippen molar-refractivity contribution in [1.82, 2.24) is 10.2 Å². The van der Waals surface area contributed by atoms with Crippen LogP contribution in [0, 0.1) is 0 Å². The molecule has 4 nitrogen and oxygen atoms in total. The van der Waals surface area contributed by atoms with E-state index in [0.717, 1.165) is 16.5 Å². The summed E-state index contributed by atoms with van der Waals surface area (Å²) in [6.45, 7) is 0. The number of hydrogen-bond acceptors (Lipinski definition) is 3. The molecule has 1 aromatic carbocycles. The Labute approximate surface area is 75.2 Å². The molecule has 1 heterocycles.